The van der Waals surface area contributed by atoms with E-state index in [1.54, 1.807) is 0 Å². The summed E-state index contributed by atoms with van der Waals surface area (Å²) in [7, 11) is 0. The fourth-order valence-electron chi connectivity index (χ4n) is 8.37. The molecule has 0 aromatic heterocycles. The van der Waals surface area contributed by atoms with Crippen LogP contribution in [0.3, 0.4) is 0 Å². The summed E-state index contributed by atoms with van der Waals surface area (Å²) in [6.07, 6.45) is -5.74. The second-order valence-electron chi connectivity index (χ2n) is 17.6. The van der Waals surface area contributed by atoms with Gasteiger partial charge in [0.2, 0.25) is 5.91 Å². The van der Waals surface area contributed by atoms with Crippen molar-refractivity contribution in [1.29, 1.82) is 0 Å². The van der Waals surface area contributed by atoms with Gasteiger partial charge in [0.1, 0.15) is 73.2 Å². The number of hydrogen-bond donors (Lipinski definition) is 12. The van der Waals surface area contributed by atoms with Crippen molar-refractivity contribution in [3.05, 3.63) is 0 Å². The average Bonchev–Trinajstić information content (AvgIpc) is 3.28. The number of carbonyl (C=O) groups is 1. The topological polar surface area (TPSA) is 307 Å². The highest BCUT2D eigenvalue weighted by atomic mass is 16.8. The van der Waals surface area contributed by atoms with Crippen molar-refractivity contribution >= 4 is 5.91 Å². The summed E-state index contributed by atoms with van der Waals surface area (Å²) in [5, 5.41) is 119. The molecule has 3 fully saturated rings. The Morgan fingerprint density at radius 2 is 0.905 bits per heavy atom. The molecule has 0 spiro atoms. The minimum Gasteiger partial charge on any atom is -0.394 e. The predicted octanol–water partition coefficient (Wildman–Crippen LogP) is 0.139. The Morgan fingerprint density at radius 1 is 0.508 bits per heavy atom. The van der Waals surface area contributed by atoms with Crippen LogP contribution in [0.5, 0.6) is 0 Å². The van der Waals surface area contributed by atoms with Crippen molar-refractivity contribution in [2.24, 2.45) is 0 Å². The Hall–Kier alpha value is -1.21. The summed E-state index contributed by atoms with van der Waals surface area (Å²) in [4.78, 5) is 13.0. The van der Waals surface area contributed by atoms with Gasteiger partial charge in [-0.15, -0.1) is 0 Å². The maximum atomic E-state index is 13.0. The van der Waals surface area contributed by atoms with Crippen molar-refractivity contribution in [2.45, 2.75) is 247 Å². The van der Waals surface area contributed by atoms with Gasteiger partial charge in [-0.3, -0.25) is 4.79 Å². The second kappa shape index (κ2) is 31.0. The van der Waals surface area contributed by atoms with E-state index in [-0.39, 0.29) is 18.9 Å². The van der Waals surface area contributed by atoms with Crippen LogP contribution >= 0.6 is 0 Å². The van der Waals surface area contributed by atoms with Crippen LogP contribution in [0.25, 0.3) is 0 Å². The molecule has 3 aliphatic heterocycles. The molecule has 0 aromatic carbocycles. The van der Waals surface area contributed by atoms with E-state index in [9.17, 15) is 61.0 Å². The number of ether oxygens (including phenoxy) is 6. The lowest BCUT2D eigenvalue weighted by molar-refractivity contribution is -0.379. The fourth-order valence-corrected chi connectivity index (χ4v) is 8.37. The Kier molecular flexibility index (Phi) is 27.6. The van der Waals surface area contributed by atoms with Crippen molar-refractivity contribution < 1.29 is 89.4 Å². The lowest BCUT2D eigenvalue weighted by Gasteiger charge is -2.48. The van der Waals surface area contributed by atoms with Gasteiger partial charge >= 0.3 is 0 Å². The van der Waals surface area contributed by atoms with Gasteiger partial charge in [0.25, 0.3) is 0 Å². The molecule has 3 heterocycles. The van der Waals surface area contributed by atoms with Gasteiger partial charge in [-0.2, -0.15) is 0 Å². The molecule has 17 unspecified atom stereocenters. The minimum absolute atomic E-state index is 0.258. The lowest BCUT2D eigenvalue weighted by Crippen LogP contribution is -2.66. The Labute approximate surface area is 373 Å². The molecule has 0 aromatic rings. The number of rotatable bonds is 32. The Morgan fingerprint density at radius 3 is 1.38 bits per heavy atom. The van der Waals surface area contributed by atoms with E-state index >= 15 is 0 Å². The van der Waals surface area contributed by atoms with Crippen molar-refractivity contribution in [1.82, 2.24) is 5.32 Å². The lowest BCUT2D eigenvalue weighted by atomic mass is 9.96. The van der Waals surface area contributed by atoms with E-state index in [1.807, 2.05) is 0 Å². The van der Waals surface area contributed by atoms with Crippen LogP contribution in [0.4, 0.5) is 0 Å². The normalized spacial score (nSPS) is 34.8. The first-order valence-electron chi connectivity index (χ1n) is 23.8. The molecule has 3 aliphatic rings. The second-order valence-corrected chi connectivity index (χ2v) is 17.6. The van der Waals surface area contributed by atoms with Gasteiger partial charge in [0.15, 0.2) is 18.9 Å². The molecule has 17 atom stereocenters. The van der Waals surface area contributed by atoms with Gasteiger partial charge in [-0.25, -0.2) is 0 Å². The smallest absolute Gasteiger partial charge is 0.220 e. The summed E-state index contributed by atoms with van der Waals surface area (Å²) >= 11 is 0. The van der Waals surface area contributed by atoms with Crippen LogP contribution in [0.1, 0.15) is 142 Å². The molecule has 3 rings (SSSR count). The van der Waals surface area contributed by atoms with Crippen molar-refractivity contribution in [2.75, 3.05) is 26.4 Å². The summed E-state index contributed by atoms with van der Waals surface area (Å²) in [5.41, 5.74) is 0. The first kappa shape index (κ1) is 56.1. The van der Waals surface area contributed by atoms with Crippen LogP contribution in [0.15, 0.2) is 0 Å². The maximum Gasteiger partial charge on any atom is 0.220 e. The zero-order chi connectivity index (χ0) is 46.3. The van der Waals surface area contributed by atoms with E-state index in [0.29, 0.717) is 12.8 Å². The van der Waals surface area contributed by atoms with Crippen molar-refractivity contribution in [3.8, 4) is 0 Å². The molecule has 0 aliphatic carbocycles. The number of aliphatic hydroxyl groups excluding tert-OH is 11. The van der Waals surface area contributed by atoms with E-state index in [2.05, 4.69) is 19.2 Å². The van der Waals surface area contributed by atoms with E-state index in [0.717, 1.165) is 51.4 Å². The summed E-state index contributed by atoms with van der Waals surface area (Å²) < 4.78 is 34.0. The zero-order valence-electron chi connectivity index (χ0n) is 37.6. The first-order chi connectivity index (χ1) is 30.3. The molecule has 372 valence electrons. The molecular formula is C44H83NO18. The van der Waals surface area contributed by atoms with Gasteiger partial charge in [-0.05, 0) is 12.8 Å². The van der Waals surface area contributed by atoms with Crippen LogP contribution in [0, 0.1) is 0 Å². The molecule has 0 saturated carbocycles. The molecule has 63 heavy (non-hydrogen) atoms. The molecule has 19 heteroatoms. The number of aliphatic hydroxyl groups is 11. The first-order valence-corrected chi connectivity index (χ1v) is 23.8. The monoisotopic (exact) mass is 914 g/mol. The zero-order valence-corrected chi connectivity index (χ0v) is 37.6. The van der Waals surface area contributed by atoms with Gasteiger partial charge < -0.3 is 89.9 Å². The van der Waals surface area contributed by atoms with E-state index < -0.39 is 124 Å². The predicted molar refractivity (Wildman–Crippen MR) is 227 cm³/mol. The van der Waals surface area contributed by atoms with Gasteiger partial charge in [0, 0.05) is 6.42 Å². The molecule has 3 saturated heterocycles. The largest absolute Gasteiger partial charge is 0.394 e. The Balaban J connectivity index is 1.56. The highest BCUT2D eigenvalue weighted by Crippen LogP contribution is 2.33. The van der Waals surface area contributed by atoms with E-state index in [4.69, 9.17) is 28.4 Å². The van der Waals surface area contributed by atoms with Crippen LogP contribution in [-0.4, -0.2) is 193 Å². The third kappa shape index (κ3) is 18.1. The molecule has 0 radical (unpaired) electrons. The molecule has 19 nitrogen and oxygen atoms in total. The molecule has 1 amide bonds. The standard InChI is InChI=1S/C44H83NO18/c1-3-5-7-9-10-11-12-13-14-15-16-18-19-21-28(49)27(45-32(50)22-20-17-8-6-4-2)26-58-42-38(56)35(53)40(30(24-47)60-42)63-44-39(57)36(54)41(31(25-48)61-44)62-43-37(55)34(52)33(51)29(23-46)59-43/h27-31,33-44,46-49,51-57H,3-26H2,1-2H3,(H,45,50). The van der Waals surface area contributed by atoms with Crippen LogP contribution < -0.4 is 5.32 Å². The van der Waals surface area contributed by atoms with Crippen LogP contribution in [0.2, 0.25) is 0 Å². The van der Waals surface area contributed by atoms with Crippen LogP contribution in [-0.2, 0) is 33.2 Å². The number of amides is 1. The van der Waals surface area contributed by atoms with Gasteiger partial charge in [-0.1, -0.05) is 123 Å². The number of unbranched alkanes of at least 4 members (excludes halogenated alkanes) is 16. The SMILES string of the molecule is CCCCCCCCCCCCCCCC(O)C(COC1OC(CO)C(OC2OC(CO)C(OC3OC(CO)C(O)C(O)C3O)C(O)C2O)C(O)C1O)NC(=O)CCCCCCC. The molecule has 0 bridgehead atoms. The summed E-state index contributed by atoms with van der Waals surface area (Å²) in [6.45, 7) is 1.64. The van der Waals surface area contributed by atoms with Gasteiger partial charge in [0.05, 0.1) is 38.6 Å². The number of nitrogens with one attached hydrogen (secondary N) is 1. The maximum absolute atomic E-state index is 13.0. The van der Waals surface area contributed by atoms with Crippen molar-refractivity contribution in [3.63, 3.8) is 0 Å². The Bertz CT molecular complexity index is 1190. The fraction of sp³-hybridized carbons (Fsp3) is 0.977. The third-order valence-corrected chi connectivity index (χ3v) is 12.4. The quantitative estimate of drug-likeness (QED) is 0.0400. The number of hydrogen-bond acceptors (Lipinski definition) is 18. The summed E-state index contributed by atoms with van der Waals surface area (Å²) in [6, 6.07) is -0.874. The van der Waals surface area contributed by atoms with E-state index in [1.165, 1.54) is 57.8 Å². The number of carbonyl (C=O) groups excluding carboxylic acids is 1. The third-order valence-electron chi connectivity index (χ3n) is 12.4. The minimum atomic E-state index is -1.97. The average molecular weight is 914 g/mol. The summed E-state index contributed by atoms with van der Waals surface area (Å²) in [5.74, 6) is -0.258. The molecular weight excluding hydrogens is 830 g/mol. The highest BCUT2D eigenvalue weighted by Gasteiger charge is 2.53. The molecule has 12 N–H and O–H groups in total. The highest BCUT2D eigenvalue weighted by molar-refractivity contribution is 5.76.